The Morgan fingerprint density at radius 1 is 1.08 bits per heavy atom. The monoisotopic (exact) mass is 551 g/mol. The lowest BCUT2D eigenvalue weighted by molar-refractivity contribution is 0.0641. The van der Waals surface area contributed by atoms with E-state index >= 15 is 4.39 Å². The number of nitrogens with one attached hydrogen (secondary N) is 1. The molecule has 0 bridgehead atoms. The van der Waals surface area contributed by atoms with Gasteiger partial charge in [0.1, 0.15) is 16.9 Å². The van der Waals surface area contributed by atoms with E-state index in [4.69, 9.17) is 21.8 Å². The van der Waals surface area contributed by atoms with Crippen LogP contribution in [0, 0.1) is 5.82 Å². The molecule has 0 aliphatic heterocycles. The second-order valence-corrected chi connectivity index (χ2v) is 11.4. The molecule has 0 radical (unpaired) electrons. The smallest absolute Gasteiger partial charge is 0.223 e. The van der Waals surface area contributed by atoms with Crippen molar-refractivity contribution in [3.8, 4) is 11.3 Å². The molecule has 1 aliphatic carbocycles. The van der Waals surface area contributed by atoms with Crippen LogP contribution < -0.4 is 5.32 Å². The van der Waals surface area contributed by atoms with Crippen LogP contribution in [0.1, 0.15) is 92.4 Å². The molecule has 1 saturated carbocycles. The van der Waals surface area contributed by atoms with Gasteiger partial charge in [0.15, 0.2) is 5.82 Å². The summed E-state index contributed by atoms with van der Waals surface area (Å²) in [6.45, 7) is 12.9. The molecule has 4 rings (SSSR count). The molecule has 10 heteroatoms. The van der Waals surface area contributed by atoms with Gasteiger partial charge >= 0.3 is 0 Å². The zero-order chi connectivity index (χ0) is 28.8. The maximum atomic E-state index is 15.2. The van der Waals surface area contributed by atoms with Crippen molar-refractivity contribution in [1.82, 2.24) is 19.5 Å². The number of halogens is 2. The van der Waals surface area contributed by atoms with Crippen LogP contribution in [-0.4, -0.2) is 53.6 Å². The number of aliphatic hydroxyl groups is 3. The molecular weight excluding hydrogens is 509 g/mol. The van der Waals surface area contributed by atoms with Gasteiger partial charge in [0.05, 0.1) is 22.4 Å². The molecule has 0 saturated heterocycles. The summed E-state index contributed by atoms with van der Waals surface area (Å²) in [5, 5.41) is 29.5. The minimum Gasteiger partial charge on any atom is -0.400 e. The highest BCUT2D eigenvalue weighted by Crippen LogP contribution is 2.36. The molecule has 212 valence electrons. The molecule has 1 fully saturated rings. The molecule has 0 atom stereocenters. The third-order valence-corrected chi connectivity index (χ3v) is 6.48. The van der Waals surface area contributed by atoms with E-state index in [0.717, 1.165) is 20.0 Å². The maximum absolute atomic E-state index is 15.2. The molecule has 4 N–H and O–H groups in total. The summed E-state index contributed by atoms with van der Waals surface area (Å²) in [7, 11) is 1.00. The Balaban J connectivity index is 0.000000773. The summed E-state index contributed by atoms with van der Waals surface area (Å²) in [5.74, 6) is 0.426. The van der Waals surface area contributed by atoms with Crippen molar-refractivity contribution in [2.24, 2.45) is 0 Å². The minimum absolute atomic E-state index is 0.0274. The van der Waals surface area contributed by atoms with Gasteiger partial charge in [-0.3, -0.25) is 0 Å². The van der Waals surface area contributed by atoms with Crippen molar-refractivity contribution < 1.29 is 19.7 Å². The third kappa shape index (κ3) is 7.85. The van der Waals surface area contributed by atoms with E-state index in [2.05, 4.69) is 27.2 Å². The number of aromatic nitrogens is 4. The Morgan fingerprint density at radius 2 is 1.66 bits per heavy atom. The highest BCUT2D eigenvalue weighted by molar-refractivity contribution is 6.33. The number of nitrogens with zero attached hydrogens (tertiary/aromatic N) is 4. The van der Waals surface area contributed by atoms with Gasteiger partial charge in [0.2, 0.25) is 5.95 Å². The van der Waals surface area contributed by atoms with Gasteiger partial charge in [0.25, 0.3) is 0 Å². The summed E-state index contributed by atoms with van der Waals surface area (Å²) < 4.78 is 17.0. The van der Waals surface area contributed by atoms with E-state index in [0.29, 0.717) is 33.6 Å². The van der Waals surface area contributed by atoms with Gasteiger partial charge in [-0.15, -0.1) is 0 Å². The van der Waals surface area contributed by atoms with Crippen LogP contribution in [0.4, 0.5) is 10.3 Å². The number of hydrogen-bond donors (Lipinski definition) is 4. The first-order valence-electron chi connectivity index (χ1n) is 13.1. The van der Waals surface area contributed by atoms with Crippen molar-refractivity contribution in [1.29, 1.82) is 0 Å². The number of rotatable bonds is 5. The second-order valence-electron chi connectivity index (χ2n) is 11.0. The van der Waals surface area contributed by atoms with Crippen molar-refractivity contribution in [2.75, 3.05) is 12.4 Å². The predicted octanol–water partition coefficient (Wildman–Crippen LogP) is 6.22. The molecule has 2 aromatic heterocycles. The first-order valence-corrected chi connectivity index (χ1v) is 13.5. The number of anilines is 1. The highest BCUT2D eigenvalue weighted by atomic mass is 35.5. The quantitative estimate of drug-likeness (QED) is 0.297. The van der Waals surface area contributed by atoms with Crippen molar-refractivity contribution in [3.63, 3.8) is 0 Å². The first kappa shape index (κ1) is 31.9. The number of aliphatic hydroxyl groups excluding tert-OH is 2. The summed E-state index contributed by atoms with van der Waals surface area (Å²) in [5.41, 5.74) is 0.549. The van der Waals surface area contributed by atoms with Gasteiger partial charge in [-0.25, -0.2) is 19.3 Å². The molecule has 0 amide bonds. The summed E-state index contributed by atoms with van der Waals surface area (Å²) >= 11 is 6.45. The molecule has 0 unspecified atom stereocenters. The van der Waals surface area contributed by atoms with Crippen LogP contribution in [0.15, 0.2) is 18.3 Å². The fourth-order valence-corrected chi connectivity index (χ4v) is 4.80. The molecule has 1 aliphatic rings. The maximum Gasteiger partial charge on any atom is 0.223 e. The lowest BCUT2D eigenvalue weighted by atomic mass is 9.83. The molecular formula is C28H43ClFN5O3. The second kappa shape index (κ2) is 13.2. The Bertz CT molecular complexity index is 1200. The summed E-state index contributed by atoms with van der Waals surface area (Å²) in [6.07, 6.45) is 7.11. The third-order valence-electron chi connectivity index (χ3n) is 6.20. The van der Waals surface area contributed by atoms with Crippen LogP contribution in [-0.2, 0) is 5.60 Å². The highest BCUT2D eigenvalue weighted by Gasteiger charge is 2.29. The average molecular weight is 552 g/mol. The van der Waals surface area contributed by atoms with Gasteiger partial charge < -0.3 is 25.2 Å². The van der Waals surface area contributed by atoms with E-state index in [1.807, 2.05) is 24.5 Å². The zero-order valence-electron chi connectivity index (χ0n) is 23.8. The van der Waals surface area contributed by atoms with E-state index in [1.165, 1.54) is 25.3 Å². The van der Waals surface area contributed by atoms with Crippen LogP contribution in [0.5, 0.6) is 0 Å². The molecule has 38 heavy (non-hydrogen) atoms. The Morgan fingerprint density at radius 3 is 2.18 bits per heavy atom. The number of fused-ring (bicyclic) bond motifs is 1. The van der Waals surface area contributed by atoms with Crippen LogP contribution in [0.25, 0.3) is 22.3 Å². The normalized spacial score (nSPS) is 15.1. The van der Waals surface area contributed by atoms with Gasteiger partial charge in [-0.1, -0.05) is 30.9 Å². The van der Waals surface area contributed by atoms with Crippen LogP contribution in [0.3, 0.4) is 0 Å². The van der Waals surface area contributed by atoms with E-state index in [1.54, 1.807) is 33.9 Å². The fourth-order valence-electron chi connectivity index (χ4n) is 4.60. The van der Waals surface area contributed by atoms with E-state index in [9.17, 15) is 5.11 Å². The van der Waals surface area contributed by atoms with Crippen LogP contribution >= 0.6 is 11.6 Å². The molecule has 2 heterocycles. The summed E-state index contributed by atoms with van der Waals surface area (Å²) in [6, 6.07) is 3.20. The van der Waals surface area contributed by atoms with Gasteiger partial charge in [0, 0.05) is 30.4 Å². The topological polar surface area (TPSA) is 116 Å². The van der Waals surface area contributed by atoms with Crippen molar-refractivity contribution in [2.45, 2.75) is 104 Å². The average Bonchev–Trinajstić information content (AvgIpc) is 3.23. The molecule has 0 spiro atoms. The standard InChI is InChI=1S/C24H31ClFN5O.C3H8O.CH4O/c1-14(2)31-18-12-15(11-17(26)20(18)28-21(31)23(3,4)32)19-16(25)13-27-22(29-19)30-24(5)9-7-6-8-10-24;1-3(2)4;1-2/h11-14,32H,6-10H2,1-5H3,(H,27,29,30);3-4H,1-2H3;2H,1H3. The Hall–Kier alpha value is -2.33. The number of benzene rings is 1. The summed E-state index contributed by atoms with van der Waals surface area (Å²) in [4.78, 5) is 13.5. The molecule has 1 aromatic carbocycles. The Labute approximate surface area is 230 Å². The SMILES string of the molecule is CC(C)O.CC(C)n1c(C(C)(C)O)nc2c(F)cc(-c3nc(NC4(C)CCCCC4)ncc3Cl)cc21.CO. The van der Waals surface area contributed by atoms with Gasteiger partial charge in [-0.05, 0) is 73.4 Å². The fraction of sp³-hybridized carbons (Fsp3) is 0.607. The number of imidazole rings is 1. The van der Waals surface area contributed by atoms with E-state index < -0.39 is 11.4 Å². The minimum atomic E-state index is -1.21. The zero-order valence-corrected chi connectivity index (χ0v) is 24.6. The number of hydrogen-bond acceptors (Lipinski definition) is 7. The van der Waals surface area contributed by atoms with Crippen molar-refractivity contribution >= 4 is 28.6 Å². The van der Waals surface area contributed by atoms with Crippen LogP contribution in [0.2, 0.25) is 5.02 Å². The largest absolute Gasteiger partial charge is 0.400 e. The van der Waals surface area contributed by atoms with Crippen molar-refractivity contribution in [3.05, 3.63) is 35.0 Å². The van der Waals surface area contributed by atoms with Gasteiger partial charge in [-0.2, -0.15) is 0 Å². The Kier molecular flexibility index (Phi) is 11.0. The lowest BCUT2D eigenvalue weighted by Crippen LogP contribution is -2.37. The molecule has 8 nitrogen and oxygen atoms in total. The lowest BCUT2D eigenvalue weighted by Gasteiger charge is -2.34. The molecule has 3 aromatic rings. The first-order chi connectivity index (χ1) is 17.7. The van der Waals surface area contributed by atoms with E-state index in [-0.39, 0.29) is 23.2 Å². The predicted molar refractivity (Wildman–Crippen MR) is 152 cm³/mol.